The van der Waals surface area contributed by atoms with E-state index in [0.717, 1.165) is 34.4 Å². The van der Waals surface area contributed by atoms with Gasteiger partial charge in [0.2, 0.25) is 0 Å². The van der Waals surface area contributed by atoms with Gasteiger partial charge in [0.15, 0.2) is 0 Å². The molecule has 1 aromatic heterocycles. The van der Waals surface area contributed by atoms with Crippen LogP contribution in [0.15, 0.2) is 36.5 Å². The first-order valence-corrected chi connectivity index (χ1v) is 9.99. The maximum atomic E-state index is 13.5. The summed E-state index contributed by atoms with van der Waals surface area (Å²) in [6, 6.07) is 8.38. The molecule has 2 fully saturated rings. The number of aromatic amines is 1. The smallest absolute Gasteiger partial charge is 0.407 e. The van der Waals surface area contributed by atoms with Gasteiger partial charge in [-0.1, -0.05) is 30.3 Å². The van der Waals surface area contributed by atoms with Gasteiger partial charge in [-0.05, 0) is 52.8 Å². The third-order valence-electron chi connectivity index (χ3n) is 5.46. The highest BCUT2D eigenvalue weighted by atomic mass is 127. The van der Waals surface area contributed by atoms with Crippen LogP contribution in [0, 0.1) is 9.12 Å². The number of aromatic nitrogens is 2. The summed E-state index contributed by atoms with van der Waals surface area (Å²) in [6.07, 6.45) is 4.32. The van der Waals surface area contributed by atoms with Crippen LogP contribution in [0.25, 0.3) is 0 Å². The summed E-state index contributed by atoms with van der Waals surface area (Å²) in [6.45, 7) is 0.694. The van der Waals surface area contributed by atoms with Crippen molar-refractivity contribution in [1.82, 2.24) is 20.2 Å². The number of benzene rings is 1. The molecule has 7 nitrogen and oxygen atoms in total. The average molecular weight is 480 g/mol. The molecule has 4 rings (SSSR count). The molecule has 8 heteroatoms. The molecule has 1 saturated heterocycles. The van der Waals surface area contributed by atoms with E-state index in [9.17, 15) is 9.59 Å². The summed E-state index contributed by atoms with van der Waals surface area (Å²) in [5, 5.41) is 2.70. The van der Waals surface area contributed by atoms with Crippen LogP contribution in [0.1, 0.15) is 42.7 Å². The number of halogens is 1. The lowest BCUT2D eigenvalue weighted by molar-refractivity contribution is -0.134. The normalized spacial score (nSPS) is 21.1. The molecule has 2 N–H and O–H groups in total. The van der Waals surface area contributed by atoms with Gasteiger partial charge in [0, 0.05) is 6.54 Å². The van der Waals surface area contributed by atoms with Gasteiger partial charge in [-0.2, -0.15) is 0 Å². The molecule has 0 radical (unpaired) electrons. The van der Waals surface area contributed by atoms with E-state index < -0.39 is 12.1 Å². The molecule has 1 spiro atoms. The quantitative estimate of drug-likeness (QED) is 0.659. The second-order valence-corrected chi connectivity index (χ2v) is 8.44. The molecule has 142 valence electrons. The van der Waals surface area contributed by atoms with Gasteiger partial charge in [0.05, 0.1) is 23.0 Å². The Kier molecular flexibility index (Phi) is 4.83. The summed E-state index contributed by atoms with van der Waals surface area (Å²) in [4.78, 5) is 35.0. The van der Waals surface area contributed by atoms with E-state index in [1.54, 1.807) is 6.20 Å². The fourth-order valence-corrected chi connectivity index (χ4v) is 4.25. The highest BCUT2D eigenvalue weighted by Gasteiger charge is 2.55. The number of nitrogens with one attached hydrogen (secondary N) is 2. The lowest BCUT2D eigenvalue weighted by Gasteiger charge is -2.28. The molecule has 1 aliphatic heterocycles. The largest absolute Gasteiger partial charge is 0.453 e. The van der Waals surface area contributed by atoms with E-state index >= 15 is 0 Å². The van der Waals surface area contributed by atoms with E-state index in [1.807, 2.05) is 35.2 Å². The van der Waals surface area contributed by atoms with Gasteiger partial charge in [0.1, 0.15) is 11.9 Å². The molecule has 2 heterocycles. The first-order chi connectivity index (χ1) is 13.0. The SMILES string of the molecule is COC(=O)N[C@H](C(=O)N1CC2(CC2)C[C@H]1c1ncc(I)[nH]1)c1ccccc1. The number of H-pyrrole nitrogens is 1. The zero-order valence-electron chi connectivity index (χ0n) is 14.9. The van der Waals surface area contributed by atoms with Gasteiger partial charge in [-0.3, -0.25) is 4.79 Å². The van der Waals surface area contributed by atoms with Crippen molar-refractivity contribution < 1.29 is 14.3 Å². The number of nitrogens with zero attached hydrogens (tertiary/aromatic N) is 2. The number of hydrogen-bond donors (Lipinski definition) is 2. The second-order valence-electron chi connectivity index (χ2n) is 7.28. The number of hydrogen-bond acceptors (Lipinski definition) is 4. The number of amides is 2. The number of imidazole rings is 1. The van der Waals surface area contributed by atoms with Crippen molar-refractivity contribution >= 4 is 34.6 Å². The first-order valence-electron chi connectivity index (χ1n) is 8.92. The Morgan fingerprint density at radius 1 is 1.37 bits per heavy atom. The third kappa shape index (κ3) is 3.67. The zero-order chi connectivity index (χ0) is 19.0. The van der Waals surface area contributed by atoms with E-state index in [1.165, 1.54) is 7.11 Å². The zero-order valence-corrected chi connectivity index (χ0v) is 17.1. The summed E-state index contributed by atoms with van der Waals surface area (Å²) < 4.78 is 5.69. The molecule has 1 aliphatic carbocycles. The van der Waals surface area contributed by atoms with Crippen LogP contribution in [-0.2, 0) is 9.53 Å². The van der Waals surface area contributed by atoms with Crippen LogP contribution in [0.4, 0.5) is 4.79 Å². The van der Waals surface area contributed by atoms with E-state index in [2.05, 4.69) is 37.9 Å². The molecule has 0 bridgehead atoms. The fourth-order valence-electron chi connectivity index (χ4n) is 3.83. The molecule has 1 saturated carbocycles. The number of likely N-dealkylation sites (tertiary alicyclic amines) is 1. The minimum atomic E-state index is -0.788. The first kappa shape index (κ1) is 18.3. The molecule has 27 heavy (non-hydrogen) atoms. The fraction of sp³-hybridized carbons (Fsp3) is 0.421. The Hall–Kier alpha value is -2.10. The molecule has 2 aliphatic rings. The van der Waals surface area contributed by atoms with E-state index in [-0.39, 0.29) is 17.4 Å². The van der Waals surface area contributed by atoms with Crippen molar-refractivity contribution in [2.75, 3.05) is 13.7 Å². The van der Waals surface area contributed by atoms with Crippen LogP contribution >= 0.6 is 22.6 Å². The topological polar surface area (TPSA) is 87.3 Å². The number of alkyl carbamates (subject to hydrolysis) is 1. The summed E-state index contributed by atoms with van der Waals surface area (Å²) in [7, 11) is 1.30. The maximum Gasteiger partial charge on any atom is 0.407 e. The Bertz CT molecular complexity index is 850. The molecule has 1 aromatic carbocycles. The number of rotatable bonds is 4. The maximum absolute atomic E-state index is 13.5. The van der Waals surface area contributed by atoms with E-state index in [0.29, 0.717) is 6.54 Å². The van der Waals surface area contributed by atoms with Crippen molar-refractivity contribution in [3.8, 4) is 0 Å². The number of methoxy groups -OCH3 is 1. The molecular weight excluding hydrogens is 459 g/mol. The van der Waals surface area contributed by atoms with Crippen LogP contribution in [0.3, 0.4) is 0 Å². The minimum Gasteiger partial charge on any atom is -0.453 e. The summed E-state index contributed by atoms with van der Waals surface area (Å²) in [5.74, 6) is 0.674. The lowest BCUT2D eigenvalue weighted by Crippen LogP contribution is -2.43. The number of carbonyl (C=O) groups is 2. The number of carbonyl (C=O) groups excluding carboxylic acids is 2. The monoisotopic (exact) mass is 480 g/mol. The van der Waals surface area contributed by atoms with Gasteiger partial charge >= 0.3 is 6.09 Å². The predicted octanol–water partition coefficient (Wildman–Crippen LogP) is 3.17. The average Bonchev–Trinajstić information content (AvgIpc) is 3.12. The Labute approximate surface area is 171 Å². The molecule has 2 amide bonds. The Morgan fingerprint density at radius 3 is 2.70 bits per heavy atom. The summed E-state index contributed by atoms with van der Waals surface area (Å²) >= 11 is 2.18. The van der Waals surface area contributed by atoms with Crippen molar-refractivity contribution in [2.45, 2.75) is 31.3 Å². The molecule has 0 unspecified atom stereocenters. The highest BCUT2D eigenvalue weighted by Crippen LogP contribution is 2.58. The lowest BCUT2D eigenvalue weighted by atomic mass is 10.0. The van der Waals surface area contributed by atoms with Crippen molar-refractivity contribution in [2.24, 2.45) is 5.41 Å². The number of ether oxygens (including phenoxy) is 1. The van der Waals surface area contributed by atoms with Crippen LogP contribution in [0.5, 0.6) is 0 Å². The van der Waals surface area contributed by atoms with Gasteiger partial charge in [-0.15, -0.1) is 0 Å². The standard InChI is InChI=1S/C19H21IN4O3/c1-27-18(26)23-15(12-5-3-2-4-6-12)17(25)24-11-19(7-8-19)9-13(24)16-21-10-14(20)22-16/h2-6,10,13,15H,7-9,11H2,1H3,(H,21,22)(H,23,26)/t13-,15-/m0/s1. The summed E-state index contributed by atoms with van der Waals surface area (Å²) in [5.41, 5.74) is 0.933. The minimum absolute atomic E-state index is 0.103. The van der Waals surface area contributed by atoms with Crippen LogP contribution in [0.2, 0.25) is 0 Å². The van der Waals surface area contributed by atoms with Crippen LogP contribution < -0.4 is 5.32 Å². The second kappa shape index (κ2) is 7.14. The highest BCUT2D eigenvalue weighted by molar-refractivity contribution is 14.1. The van der Waals surface area contributed by atoms with Crippen molar-refractivity contribution in [1.29, 1.82) is 0 Å². The van der Waals surface area contributed by atoms with Crippen molar-refractivity contribution in [3.05, 3.63) is 51.6 Å². The molecule has 2 atom stereocenters. The Balaban J connectivity index is 1.65. The van der Waals surface area contributed by atoms with Gasteiger partial charge in [-0.25, -0.2) is 9.78 Å². The van der Waals surface area contributed by atoms with Crippen LogP contribution in [-0.4, -0.2) is 40.5 Å². The predicted molar refractivity (Wildman–Crippen MR) is 107 cm³/mol. The van der Waals surface area contributed by atoms with Crippen molar-refractivity contribution in [3.63, 3.8) is 0 Å². The van der Waals surface area contributed by atoms with Gasteiger partial charge in [0.25, 0.3) is 5.91 Å². The van der Waals surface area contributed by atoms with Gasteiger partial charge < -0.3 is 19.9 Å². The third-order valence-corrected chi connectivity index (χ3v) is 6.00. The Morgan fingerprint density at radius 2 is 2.11 bits per heavy atom. The van der Waals surface area contributed by atoms with E-state index in [4.69, 9.17) is 4.74 Å². The molecule has 2 aromatic rings. The molecular formula is C19H21IN4O3.